The van der Waals surface area contributed by atoms with Crippen molar-refractivity contribution < 1.29 is 4.79 Å². The fourth-order valence-electron chi connectivity index (χ4n) is 2.86. The number of thiazole rings is 1. The predicted octanol–water partition coefficient (Wildman–Crippen LogP) is 3.54. The molecule has 2 heterocycles. The van der Waals surface area contributed by atoms with Crippen molar-refractivity contribution in [2.45, 2.75) is 46.3 Å². The summed E-state index contributed by atoms with van der Waals surface area (Å²) in [7, 11) is 0. The number of carbonyl (C=O) groups is 1. The Morgan fingerprint density at radius 1 is 1.38 bits per heavy atom. The van der Waals surface area contributed by atoms with Gasteiger partial charge in [0.15, 0.2) is 5.13 Å². The van der Waals surface area contributed by atoms with Gasteiger partial charge in [0.25, 0.3) is 0 Å². The topological polar surface area (TPSA) is 57.3 Å². The number of aromatic nitrogens is 1. The second-order valence-electron chi connectivity index (χ2n) is 6.53. The highest BCUT2D eigenvalue weighted by molar-refractivity contribution is 7.15. The summed E-state index contributed by atoms with van der Waals surface area (Å²) in [5.41, 5.74) is 3.83. The van der Waals surface area contributed by atoms with Crippen LogP contribution < -0.4 is 10.6 Å². The zero-order valence-corrected chi connectivity index (χ0v) is 15.2. The summed E-state index contributed by atoms with van der Waals surface area (Å²) in [6.45, 7) is 8.90. The molecule has 0 unspecified atom stereocenters. The van der Waals surface area contributed by atoms with Gasteiger partial charge in [-0.25, -0.2) is 9.78 Å². The van der Waals surface area contributed by atoms with Crippen molar-refractivity contribution in [3.8, 4) is 0 Å². The minimum Gasteiger partial charge on any atom is -0.336 e. The lowest BCUT2D eigenvalue weighted by atomic mass is 10.1. The summed E-state index contributed by atoms with van der Waals surface area (Å²) in [6, 6.07) is 8.46. The summed E-state index contributed by atoms with van der Waals surface area (Å²) in [5.74, 6) is 0. The van der Waals surface area contributed by atoms with E-state index in [-0.39, 0.29) is 12.1 Å². The van der Waals surface area contributed by atoms with Crippen molar-refractivity contribution in [1.29, 1.82) is 0 Å². The fraction of sp³-hybridized carbons (Fsp3) is 0.444. The molecule has 5 nitrogen and oxygen atoms in total. The summed E-state index contributed by atoms with van der Waals surface area (Å²) >= 11 is 1.58. The molecule has 24 heavy (non-hydrogen) atoms. The van der Waals surface area contributed by atoms with Crippen LogP contribution >= 0.6 is 11.3 Å². The van der Waals surface area contributed by atoms with Crippen LogP contribution in [0.1, 0.15) is 35.5 Å². The number of amides is 2. The number of anilines is 1. The fourth-order valence-corrected chi connectivity index (χ4v) is 3.91. The molecule has 1 aromatic heterocycles. The average molecular weight is 344 g/mol. The Morgan fingerprint density at radius 3 is 2.92 bits per heavy atom. The summed E-state index contributed by atoms with van der Waals surface area (Å²) in [5, 5.41) is 6.36. The Kier molecular flexibility index (Phi) is 5.16. The van der Waals surface area contributed by atoms with Gasteiger partial charge in [-0.05, 0) is 31.9 Å². The first kappa shape index (κ1) is 16.9. The third-order valence-corrected chi connectivity index (χ3v) is 5.10. The Morgan fingerprint density at radius 2 is 2.17 bits per heavy atom. The number of aryl methyl sites for hydroxylation is 1. The number of hydrogen-bond acceptors (Lipinski definition) is 4. The molecule has 0 saturated carbocycles. The van der Waals surface area contributed by atoms with Crippen LogP contribution in [0.4, 0.5) is 9.93 Å². The van der Waals surface area contributed by atoms with Gasteiger partial charge in [-0.15, -0.1) is 11.3 Å². The lowest BCUT2D eigenvalue weighted by Gasteiger charge is -2.26. The van der Waals surface area contributed by atoms with Crippen molar-refractivity contribution in [2.24, 2.45) is 0 Å². The van der Waals surface area contributed by atoms with Crippen molar-refractivity contribution in [3.05, 3.63) is 46.0 Å². The molecule has 1 aromatic carbocycles. The smallest absolute Gasteiger partial charge is 0.321 e. The van der Waals surface area contributed by atoms with Gasteiger partial charge in [0.05, 0.1) is 5.69 Å². The number of fused-ring (bicyclic) bond motifs is 1. The standard InChI is InChI=1S/C18H24N4OS/c1-12(2)19-17(23)21-18-20-15-8-9-22(11-16(15)24-18)10-14-7-5-4-6-13(14)3/h4-7,12H,8-11H2,1-3H3,(H2,19,20,21,23). The molecule has 0 spiro atoms. The summed E-state index contributed by atoms with van der Waals surface area (Å²) < 4.78 is 0. The average Bonchev–Trinajstić information content (AvgIpc) is 2.90. The van der Waals surface area contributed by atoms with E-state index in [1.807, 2.05) is 13.8 Å². The Labute approximate surface area is 147 Å². The number of hydrogen-bond donors (Lipinski definition) is 2. The highest BCUT2D eigenvalue weighted by Gasteiger charge is 2.21. The molecule has 0 aliphatic carbocycles. The van der Waals surface area contributed by atoms with Crippen molar-refractivity contribution >= 4 is 22.5 Å². The molecule has 0 fully saturated rings. The Balaban J connectivity index is 1.64. The van der Waals surface area contributed by atoms with Crippen molar-refractivity contribution in [3.63, 3.8) is 0 Å². The van der Waals surface area contributed by atoms with Crippen LogP contribution in [0.2, 0.25) is 0 Å². The lowest BCUT2D eigenvalue weighted by molar-refractivity contribution is 0.246. The molecule has 2 amide bonds. The molecule has 0 bridgehead atoms. The minimum absolute atomic E-state index is 0.115. The van der Waals surface area contributed by atoms with Crippen LogP contribution in [-0.4, -0.2) is 28.5 Å². The number of urea groups is 1. The van der Waals surface area contributed by atoms with Gasteiger partial charge in [0, 0.05) is 37.0 Å². The van der Waals surface area contributed by atoms with Crippen LogP contribution in [0, 0.1) is 6.92 Å². The lowest BCUT2D eigenvalue weighted by Crippen LogP contribution is -2.34. The van der Waals surface area contributed by atoms with E-state index in [1.54, 1.807) is 11.3 Å². The van der Waals surface area contributed by atoms with Crippen LogP contribution in [-0.2, 0) is 19.5 Å². The first-order valence-corrected chi connectivity index (χ1v) is 9.16. The third kappa shape index (κ3) is 4.13. The number of nitrogens with zero attached hydrogens (tertiary/aromatic N) is 2. The zero-order chi connectivity index (χ0) is 17.1. The van der Waals surface area contributed by atoms with Crippen molar-refractivity contribution in [2.75, 3.05) is 11.9 Å². The molecule has 6 heteroatoms. The largest absolute Gasteiger partial charge is 0.336 e. The summed E-state index contributed by atoms with van der Waals surface area (Å²) in [4.78, 5) is 20.1. The van der Waals surface area contributed by atoms with Gasteiger partial charge in [0.1, 0.15) is 0 Å². The van der Waals surface area contributed by atoms with Crippen molar-refractivity contribution in [1.82, 2.24) is 15.2 Å². The molecular weight excluding hydrogens is 320 g/mol. The van der Waals surface area contributed by atoms with E-state index < -0.39 is 0 Å². The third-order valence-electron chi connectivity index (χ3n) is 4.11. The van der Waals surface area contributed by atoms with E-state index in [1.165, 1.54) is 16.0 Å². The van der Waals surface area contributed by atoms with E-state index in [0.29, 0.717) is 5.13 Å². The highest BCUT2D eigenvalue weighted by atomic mass is 32.1. The van der Waals surface area contributed by atoms with Gasteiger partial charge in [-0.3, -0.25) is 10.2 Å². The van der Waals surface area contributed by atoms with Crippen LogP contribution in [0.5, 0.6) is 0 Å². The quantitative estimate of drug-likeness (QED) is 0.892. The monoisotopic (exact) mass is 344 g/mol. The van der Waals surface area contributed by atoms with E-state index >= 15 is 0 Å². The molecule has 0 radical (unpaired) electrons. The first-order valence-electron chi connectivity index (χ1n) is 8.34. The van der Waals surface area contributed by atoms with Crippen LogP contribution in [0.3, 0.4) is 0 Å². The molecular formula is C18H24N4OS. The molecule has 1 aliphatic heterocycles. The van der Waals surface area contributed by atoms with Gasteiger partial charge in [-0.2, -0.15) is 0 Å². The molecule has 0 atom stereocenters. The molecule has 128 valence electrons. The number of nitrogens with one attached hydrogen (secondary N) is 2. The Hall–Kier alpha value is -1.92. The predicted molar refractivity (Wildman–Crippen MR) is 98.4 cm³/mol. The first-order chi connectivity index (χ1) is 11.5. The van der Waals surface area contributed by atoms with E-state index in [0.717, 1.165) is 31.7 Å². The zero-order valence-electron chi connectivity index (χ0n) is 14.4. The highest BCUT2D eigenvalue weighted by Crippen LogP contribution is 2.29. The number of rotatable bonds is 4. The van der Waals surface area contributed by atoms with Gasteiger partial charge in [0.2, 0.25) is 0 Å². The maximum absolute atomic E-state index is 11.8. The molecule has 0 saturated heterocycles. The van der Waals surface area contributed by atoms with E-state index in [4.69, 9.17) is 0 Å². The van der Waals surface area contributed by atoms with E-state index in [9.17, 15) is 4.79 Å². The van der Waals surface area contributed by atoms with Crippen LogP contribution in [0.15, 0.2) is 24.3 Å². The second-order valence-corrected chi connectivity index (χ2v) is 7.61. The number of benzene rings is 1. The van der Waals surface area contributed by atoms with E-state index in [2.05, 4.69) is 51.7 Å². The minimum atomic E-state index is -0.187. The maximum Gasteiger partial charge on any atom is 0.321 e. The van der Waals surface area contributed by atoms with Gasteiger partial charge < -0.3 is 5.32 Å². The molecule has 1 aliphatic rings. The molecule has 2 aromatic rings. The van der Waals surface area contributed by atoms with Crippen LogP contribution in [0.25, 0.3) is 0 Å². The maximum atomic E-state index is 11.8. The Bertz CT molecular complexity index is 726. The summed E-state index contributed by atoms with van der Waals surface area (Å²) in [6.07, 6.45) is 0.936. The molecule has 3 rings (SSSR count). The second kappa shape index (κ2) is 7.32. The normalized spacial score (nSPS) is 14.5. The number of carbonyl (C=O) groups excluding carboxylic acids is 1. The SMILES string of the molecule is Cc1ccccc1CN1CCc2nc(NC(=O)NC(C)C)sc2C1. The van der Waals surface area contributed by atoms with Gasteiger partial charge >= 0.3 is 6.03 Å². The molecule has 2 N–H and O–H groups in total. The van der Waals surface area contributed by atoms with Gasteiger partial charge in [-0.1, -0.05) is 24.3 Å².